The molecule has 1 N–H and O–H groups in total. The summed E-state index contributed by atoms with van der Waals surface area (Å²) in [5.41, 5.74) is 0.0150. The standard InChI is InChI=1S/C22H32O3S2/c1-15(2)18-12-11-16(3)13-19(18)24-21(23)22-25-20(14-26-22)27-17-9-7-5-4-6-8-10-17/h4-5,7,9-10,15-16,18-20,23H,6,8,11-14H2,1-3H3/b5-4+,9-7-,17-10+,22-21-/t16-,18+,19?,20?/m1/s1. The normalized spacial score (nSPS) is 37.6. The summed E-state index contributed by atoms with van der Waals surface area (Å²) in [6.07, 6.45) is 16.4. The average Bonchev–Trinajstić information content (AvgIpc) is 3.05. The van der Waals surface area contributed by atoms with Crippen molar-refractivity contribution in [1.29, 1.82) is 0 Å². The summed E-state index contributed by atoms with van der Waals surface area (Å²) in [6, 6.07) is 0. The van der Waals surface area contributed by atoms with Crippen molar-refractivity contribution in [3.63, 3.8) is 0 Å². The molecule has 2 aliphatic carbocycles. The van der Waals surface area contributed by atoms with E-state index in [2.05, 4.69) is 51.2 Å². The fourth-order valence-corrected chi connectivity index (χ4v) is 5.96. The van der Waals surface area contributed by atoms with Crippen LogP contribution in [0, 0.1) is 17.8 Å². The van der Waals surface area contributed by atoms with Gasteiger partial charge in [-0.2, -0.15) is 0 Å². The molecule has 4 atom stereocenters. The Bertz CT molecular complexity index is 621. The largest absolute Gasteiger partial charge is 0.478 e. The molecule has 0 bridgehead atoms. The summed E-state index contributed by atoms with van der Waals surface area (Å²) >= 11 is 3.27. The summed E-state index contributed by atoms with van der Waals surface area (Å²) in [7, 11) is 0. The van der Waals surface area contributed by atoms with Crippen molar-refractivity contribution in [3.8, 4) is 0 Å². The maximum absolute atomic E-state index is 10.6. The zero-order chi connectivity index (χ0) is 19.2. The molecule has 1 aliphatic heterocycles. The minimum Gasteiger partial charge on any atom is -0.478 e. The van der Waals surface area contributed by atoms with E-state index in [1.807, 2.05) is 0 Å². The van der Waals surface area contributed by atoms with Crippen LogP contribution in [0.1, 0.15) is 52.9 Å². The molecule has 0 amide bonds. The lowest BCUT2D eigenvalue weighted by molar-refractivity contribution is -0.0506. The quantitative estimate of drug-likeness (QED) is 0.509. The number of allylic oxidation sites excluding steroid dienone is 5. The van der Waals surface area contributed by atoms with E-state index in [0.717, 1.165) is 25.0 Å². The van der Waals surface area contributed by atoms with Gasteiger partial charge in [0, 0.05) is 10.7 Å². The molecule has 1 saturated carbocycles. The van der Waals surface area contributed by atoms with Gasteiger partial charge in [0.25, 0.3) is 0 Å². The first-order valence-electron chi connectivity index (χ1n) is 10.1. The van der Waals surface area contributed by atoms with Gasteiger partial charge in [0.2, 0.25) is 5.09 Å². The summed E-state index contributed by atoms with van der Waals surface area (Å²) in [5, 5.41) is 11.1. The highest BCUT2D eigenvalue weighted by molar-refractivity contribution is 8.07. The topological polar surface area (TPSA) is 38.7 Å². The second-order valence-corrected chi connectivity index (χ2v) is 10.2. The number of hydrogen-bond acceptors (Lipinski definition) is 5. The Morgan fingerprint density at radius 3 is 2.96 bits per heavy atom. The van der Waals surface area contributed by atoms with E-state index >= 15 is 0 Å². The van der Waals surface area contributed by atoms with Crippen LogP contribution in [0.5, 0.6) is 0 Å². The maximum atomic E-state index is 10.6. The van der Waals surface area contributed by atoms with Crippen LogP contribution in [0.2, 0.25) is 0 Å². The lowest BCUT2D eigenvalue weighted by Gasteiger charge is -2.36. The second-order valence-electron chi connectivity index (χ2n) is 8.02. The molecule has 1 heterocycles. The third-order valence-electron chi connectivity index (χ3n) is 5.44. The smallest absolute Gasteiger partial charge is 0.328 e. The molecule has 27 heavy (non-hydrogen) atoms. The number of thioether (sulfide) groups is 2. The SMILES string of the molecule is CC(C)[C@@H]1CC[C@@H](C)CC1O/C(O)=C1/OC(SC2=C/CC/C=C/C=C\2)CS1. The van der Waals surface area contributed by atoms with Gasteiger partial charge in [-0.25, -0.2) is 0 Å². The van der Waals surface area contributed by atoms with Gasteiger partial charge in [0.15, 0.2) is 5.44 Å². The molecule has 3 nitrogen and oxygen atoms in total. The zero-order valence-corrected chi connectivity index (χ0v) is 18.2. The van der Waals surface area contributed by atoms with Crippen molar-refractivity contribution in [3.05, 3.63) is 46.3 Å². The summed E-state index contributed by atoms with van der Waals surface area (Å²) in [5.74, 6) is 2.52. The lowest BCUT2D eigenvalue weighted by Crippen LogP contribution is -2.34. The highest BCUT2D eigenvalue weighted by Crippen LogP contribution is 2.41. The Morgan fingerprint density at radius 2 is 2.15 bits per heavy atom. The molecule has 3 rings (SSSR count). The van der Waals surface area contributed by atoms with Gasteiger partial charge in [0.1, 0.15) is 6.10 Å². The van der Waals surface area contributed by atoms with E-state index in [9.17, 15) is 5.11 Å². The molecule has 0 aromatic rings. The van der Waals surface area contributed by atoms with Crippen molar-refractivity contribution in [2.24, 2.45) is 17.8 Å². The fourth-order valence-electron chi connectivity index (χ4n) is 3.90. The molecule has 0 spiro atoms. The van der Waals surface area contributed by atoms with Crippen LogP contribution in [-0.2, 0) is 9.47 Å². The van der Waals surface area contributed by atoms with Crippen LogP contribution in [-0.4, -0.2) is 22.4 Å². The van der Waals surface area contributed by atoms with E-state index in [1.165, 1.54) is 17.7 Å². The van der Waals surface area contributed by atoms with Crippen molar-refractivity contribution in [2.45, 2.75) is 64.4 Å². The Labute approximate surface area is 172 Å². The van der Waals surface area contributed by atoms with E-state index in [0.29, 0.717) is 22.8 Å². The van der Waals surface area contributed by atoms with Gasteiger partial charge >= 0.3 is 5.95 Å². The molecule has 0 aromatic heterocycles. The summed E-state index contributed by atoms with van der Waals surface area (Å²) in [4.78, 5) is 1.23. The first-order valence-corrected chi connectivity index (χ1v) is 12.0. The van der Waals surface area contributed by atoms with Crippen LogP contribution >= 0.6 is 23.5 Å². The molecule has 0 aromatic carbocycles. The zero-order valence-electron chi connectivity index (χ0n) is 16.6. The predicted octanol–water partition coefficient (Wildman–Crippen LogP) is 6.76. The van der Waals surface area contributed by atoms with Crippen LogP contribution < -0.4 is 0 Å². The van der Waals surface area contributed by atoms with Gasteiger partial charge in [-0.1, -0.05) is 75.0 Å². The molecular weight excluding hydrogens is 376 g/mol. The molecular formula is C22H32O3S2. The summed E-state index contributed by atoms with van der Waals surface area (Å²) in [6.45, 7) is 6.77. The number of rotatable bonds is 5. The van der Waals surface area contributed by atoms with Crippen LogP contribution in [0.25, 0.3) is 0 Å². The average molecular weight is 409 g/mol. The minimum atomic E-state index is -0.0158. The van der Waals surface area contributed by atoms with Crippen LogP contribution in [0.15, 0.2) is 46.3 Å². The second kappa shape index (κ2) is 10.0. The van der Waals surface area contributed by atoms with Gasteiger partial charge < -0.3 is 14.6 Å². The Kier molecular flexibility index (Phi) is 7.71. The van der Waals surface area contributed by atoms with Gasteiger partial charge in [-0.3, -0.25) is 0 Å². The monoisotopic (exact) mass is 408 g/mol. The Hall–Kier alpha value is -0.940. The molecule has 5 heteroatoms. The highest BCUT2D eigenvalue weighted by atomic mass is 32.2. The van der Waals surface area contributed by atoms with E-state index < -0.39 is 0 Å². The van der Waals surface area contributed by atoms with Crippen molar-refractivity contribution in [2.75, 3.05) is 5.75 Å². The van der Waals surface area contributed by atoms with Crippen LogP contribution in [0.3, 0.4) is 0 Å². The molecule has 3 aliphatic rings. The Morgan fingerprint density at radius 1 is 1.30 bits per heavy atom. The Balaban J connectivity index is 1.58. The molecule has 2 unspecified atom stereocenters. The summed E-state index contributed by atoms with van der Waals surface area (Å²) < 4.78 is 12.0. The maximum Gasteiger partial charge on any atom is 0.328 e. The fraction of sp³-hybridized carbons (Fsp3) is 0.636. The van der Waals surface area contributed by atoms with Gasteiger partial charge in [-0.15, -0.1) is 0 Å². The van der Waals surface area contributed by atoms with Crippen LogP contribution in [0.4, 0.5) is 0 Å². The first kappa shape index (κ1) is 20.8. The number of ether oxygens (including phenoxy) is 2. The number of hydrogen-bond donors (Lipinski definition) is 1. The third kappa shape index (κ3) is 6.02. The number of aliphatic hydroxyl groups is 1. The molecule has 150 valence electrons. The van der Waals surface area contributed by atoms with E-state index in [4.69, 9.17) is 9.47 Å². The van der Waals surface area contributed by atoms with Gasteiger partial charge in [0.05, 0.1) is 0 Å². The lowest BCUT2D eigenvalue weighted by atomic mass is 9.75. The third-order valence-corrected chi connectivity index (χ3v) is 7.76. The first-order chi connectivity index (χ1) is 13.0. The molecule has 2 fully saturated rings. The van der Waals surface area contributed by atoms with Crippen molar-refractivity contribution < 1.29 is 14.6 Å². The number of aliphatic hydroxyl groups excluding tert-OH is 1. The highest BCUT2D eigenvalue weighted by Gasteiger charge is 2.34. The minimum absolute atomic E-state index is 0.0150. The van der Waals surface area contributed by atoms with Crippen molar-refractivity contribution in [1.82, 2.24) is 0 Å². The van der Waals surface area contributed by atoms with E-state index in [1.54, 1.807) is 23.5 Å². The van der Waals surface area contributed by atoms with E-state index in [-0.39, 0.29) is 17.5 Å². The molecule has 0 radical (unpaired) electrons. The van der Waals surface area contributed by atoms with Crippen molar-refractivity contribution >= 4 is 23.5 Å². The van der Waals surface area contributed by atoms with Gasteiger partial charge in [-0.05, 0) is 49.5 Å². The predicted molar refractivity (Wildman–Crippen MR) is 116 cm³/mol. The molecule has 1 saturated heterocycles.